The van der Waals surface area contributed by atoms with Crippen LogP contribution in [0.1, 0.15) is 24.6 Å². The Bertz CT molecular complexity index is 1040. The molecule has 0 saturated carbocycles. The minimum absolute atomic E-state index is 0.00102. The van der Waals surface area contributed by atoms with Crippen LogP contribution in [0.25, 0.3) is 22.4 Å². The van der Waals surface area contributed by atoms with Crippen molar-refractivity contribution in [2.75, 3.05) is 0 Å². The summed E-state index contributed by atoms with van der Waals surface area (Å²) >= 11 is 0. The Balaban J connectivity index is 1.44. The van der Waals surface area contributed by atoms with E-state index >= 15 is 0 Å². The third-order valence-electron chi connectivity index (χ3n) is 3.88. The molecule has 0 aliphatic carbocycles. The molecule has 7 heteroatoms. The summed E-state index contributed by atoms with van der Waals surface area (Å²) < 4.78 is 16.2. The van der Waals surface area contributed by atoms with Gasteiger partial charge in [0.25, 0.3) is 5.89 Å². The topological polar surface area (TPSA) is 91.2 Å². The van der Waals surface area contributed by atoms with Crippen LogP contribution in [0.5, 0.6) is 0 Å². The highest BCUT2D eigenvalue weighted by atomic mass is 16.6. The second-order valence-electron chi connectivity index (χ2n) is 5.75. The lowest BCUT2D eigenvalue weighted by molar-refractivity contribution is -0.148. The predicted octanol–water partition coefficient (Wildman–Crippen LogP) is 3.72. The average molecular weight is 349 g/mol. The number of rotatable bonds is 5. The standard InChI is InChI=1S/C19H15N3O4/c1-12(18-20-21-19(25-18)13-7-3-2-4-8-13)24-17(23)11-15-14-9-5-6-10-16(14)26-22-15/h2-10,12H,11H2,1H3/t12-/m1/s1. The Morgan fingerprint density at radius 1 is 1.08 bits per heavy atom. The maximum Gasteiger partial charge on any atom is 0.312 e. The molecule has 0 bridgehead atoms. The van der Waals surface area contributed by atoms with Crippen molar-refractivity contribution in [3.63, 3.8) is 0 Å². The molecule has 1 atom stereocenters. The summed E-state index contributed by atoms with van der Waals surface area (Å²) in [6.07, 6.45) is -0.660. The van der Waals surface area contributed by atoms with Gasteiger partial charge in [0, 0.05) is 10.9 Å². The highest BCUT2D eigenvalue weighted by molar-refractivity contribution is 5.84. The van der Waals surface area contributed by atoms with Gasteiger partial charge in [-0.1, -0.05) is 35.5 Å². The monoisotopic (exact) mass is 349 g/mol. The number of nitrogens with zero attached hydrogens (tertiary/aromatic N) is 3. The summed E-state index contributed by atoms with van der Waals surface area (Å²) in [7, 11) is 0. The SMILES string of the molecule is C[C@@H](OC(=O)Cc1noc2ccccc12)c1nnc(-c2ccccc2)o1. The van der Waals surface area contributed by atoms with Gasteiger partial charge in [-0.05, 0) is 31.2 Å². The number of fused-ring (bicyclic) bond motifs is 1. The fourth-order valence-corrected chi connectivity index (χ4v) is 2.59. The number of hydrogen-bond acceptors (Lipinski definition) is 7. The van der Waals surface area contributed by atoms with Crippen molar-refractivity contribution in [1.29, 1.82) is 0 Å². The number of carbonyl (C=O) groups excluding carboxylic acids is 1. The molecule has 4 rings (SSSR count). The molecule has 0 unspecified atom stereocenters. The van der Waals surface area contributed by atoms with Crippen LogP contribution >= 0.6 is 0 Å². The van der Waals surface area contributed by atoms with Crippen LogP contribution < -0.4 is 0 Å². The van der Waals surface area contributed by atoms with Gasteiger partial charge in [-0.3, -0.25) is 4.79 Å². The van der Waals surface area contributed by atoms with Gasteiger partial charge in [0.15, 0.2) is 11.7 Å². The summed E-state index contributed by atoms with van der Waals surface area (Å²) in [5.41, 5.74) is 1.97. The van der Waals surface area contributed by atoms with Crippen molar-refractivity contribution in [3.05, 3.63) is 66.2 Å². The first-order chi connectivity index (χ1) is 12.7. The number of benzene rings is 2. The lowest BCUT2D eigenvalue weighted by Gasteiger charge is -2.08. The zero-order valence-corrected chi connectivity index (χ0v) is 14.0. The number of carbonyl (C=O) groups is 1. The summed E-state index contributed by atoms with van der Waals surface area (Å²) in [4.78, 5) is 12.2. The van der Waals surface area contributed by atoms with Crippen LogP contribution in [-0.2, 0) is 16.0 Å². The van der Waals surface area contributed by atoms with E-state index in [4.69, 9.17) is 13.7 Å². The van der Waals surface area contributed by atoms with Crippen molar-refractivity contribution in [1.82, 2.24) is 15.4 Å². The van der Waals surface area contributed by atoms with Gasteiger partial charge in [-0.2, -0.15) is 0 Å². The van der Waals surface area contributed by atoms with Crippen LogP contribution in [0.3, 0.4) is 0 Å². The first-order valence-electron chi connectivity index (χ1n) is 8.12. The first kappa shape index (κ1) is 16.0. The number of ether oxygens (including phenoxy) is 1. The van der Waals surface area contributed by atoms with Gasteiger partial charge >= 0.3 is 5.97 Å². The molecule has 0 aliphatic rings. The van der Waals surface area contributed by atoms with Gasteiger partial charge in [0.2, 0.25) is 5.89 Å². The minimum atomic E-state index is -0.661. The minimum Gasteiger partial charge on any atom is -0.452 e. The third kappa shape index (κ3) is 3.19. The van der Waals surface area contributed by atoms with Crippen LogP contribution in [0.2, 0.25) is 0 Å². The van der Waals surface area contributed by atoms with E-state index in [1.54, 1.807) is 13.0 Å². The second kappa shape index (κ2) is 6.79. The number of para-hydroxylation sites is 1. The Morgan fingerprint density at radius 2 is 1.85 bits per heavy atom. The van der Waals surface area contributed by atoms with E-state index in [9.17, 15) is 4.79 Å². The third-order valence-corrected chi connectivity index (χ3v) is 3.88. The van der Waals surface area contributed by atoms with E-state index in [0.717, 1.165) is 10.9 Å². The molecule has 130 valence electrons. The van der Waals surface area contributed by atoms with Gasteiger partial charge < -0.3 is 13.7 Å². The molecule has 0 radical (unpaired) electrons. The highest BCUT2D eigenvalue weighted by Gasteiger charge is 2.20. The van der Waals surface area contributed by atoms with Crippen LogP contribution in [0.15, 0.2) is 63.5 Å². The smallest absolute Gasteiger partial charge is 0.312 e. The number of hydrogen-bond donors (Lipinski definition) is 0. The molecular formula is C19H15N3O4. The number of aromatic nitrogens is 3. The molecule has 26 heavy (non-hydrogen) atoms. The van der Waals surface area contributed by atoms with Gasteiger partial charge in [-0.25, -0.2) is 0 Å². The Kier molecular flexibility index (Phi) is 4.18. The molecule has 2 aromatic carbocycles. The predicted molar refractivity (Wildman–Crippen MR) is 92.0 cm³/mol. The second-order valence-corrected chi connectivity index (χ2v) is 5.75. The lowest BCUT2D eigenvalue weighted by Crippen LogP contribution is -2.12. The van der Waals surface area contributed by atoms with Crippen LogP contribution in [-0.4, -0.2) is 21.3 Å². The lowest BCUT2D eigenvalue weighted by atomic mass is 10.2. The van der Waals surface area contributed by atoms with E-state index in [2.05, 4.69) is 15.4 Å². The summed E-state index contributed by atoms with van der Waals surface area (Å²) in [6.45, 7) is 1.68. The highest BCUT2D eigenvalue weighted by Crippen LogP contribution is 2.23. The van der Waals surface area contributed by atoms with E-state index in [1.807, 2.05) is 48.5 Å². The molecule has 0 aliphatic heterocycles. The zero-order chi connectivity index (χ0) is 17.9. The van der Waals surface area contributed by atoms with E-state index in [-0.39, 0.29) is 12.3 Å². The summed E-state index contributed by atoms with van der Waals surface area (Å²) in [6, 6.07) is 16.7. The van der Waals surface area contributed by atoms with E-state index in [0.29, 0.717) is 17.2 Å². The zero-order valence-electron chi connectivity index (χ0n) is 14.0. The molecule has 7 nitrogen and oxygen atoms in total. The van der Waals surface area contributed by atoms with Crippen LogP contribution in [0, 0.1) is 0 Å². The van der Waals surface area contributed by atoms with E-state index < -0.39 is 12.1 Å². The Morgan fingerprint density at radius 3 is 2.69 bits per heavy atom. The summed E-state index contributed by atoms with van der Waals surface area (Å²) in [5, 5.41) is 12.7. The fourth-order valence-electron chi connectivity index (χ4n) is 2.59. The molecule has 0 saturated heterocycles. The molecule has 2 heterocycles. The molecule has 0 N–H and O–H groups in total. The van der Waals surface area contributed by atoms with Crippen molar-refractivity contribution >= 4 is 16.9 Å². The van der Waals surface area contributed by atoms with Crippen molar-refractivity contribution < 1.29 is 18.5 Å². The quantitative estimate of drug-likeness (QED) is 0.507. The summed E-state index contributed by atoms with van der Waals surface area (Å²) in [5.74, 6) is 0.171. The number of esters is 1. The van der Waals surface area contributed by atoms with Crippen LogP contribution in [0.4, 0.5) is 0 Å². The van der Waals surface area contributed by atoms with Crippen molar-refractivity contribution in [2.24, 2.45) is 0 Å². The average Bonchev–Trinajstić information content (AvgIpc) is 3.30. The van der Waals surface area contributed by atoms with Crippen molar-refractivity contribution in [3.8, 4) is 11.5 Å². The Hall–Kier alpha value is -3.48. The van der Waals surface area contributed by atoms with Gasteiger partial charge in [-0.15, -0.1) is 10.2 Å². The maximum absolute atomic E-state index is 12.2. The Labute approximate surface area is 148 Å². The molecule has 0 spiro atoms. The largest absolute Gasteiger partial charge is 0.452 e. The molecule has 0 amide bonds. The van der Waals surface area contributed by atoms with E-state index in [1.165, 1.54) is 0 Å². The first-order valence-corrected chi connectivity index (χ1v) is 8.12. The normalized spacial score (nSPS) is 12.2. The van der Waals surface area contributed by atoms with Gasteiger partial charge in [0.05, 0.1) is 6.42 Å². The molecule has 0 fully saturated rings. The van der Waals surface area contributed by atoms with Crippen molar-refractivity contribution in [2.45, 2.75) is 19.4 Å². The fraction of sp³-hybridized carbons (Fsp3) is 0.158. The maximum atomic E-state index is 12.2. The molecule has 4 aromatic rings. The molecular weight excluding hydrogens is 334 g/mol. The van der Waals surface area contributed by atoms with Gasteiger partial charge in [0.1, 0.15) is 5.69 Å². The molecule has 2 aromatic heterocycles.